The highest BCUT2D eigenvalue weighted by molar-refractivity contribution is 5.96. The van der Waals surface area contributed by atoms with E-state index in [0.717, 1.165) is 12.0 Å². The third-order valence-corrected chi connectivity index (χ3v) is 2.96. The third-order valence-electron chi connectivity index (χ3n) is 2.96. The van der Waals surface area contributed by atoms with Crippen molar-refractivity contribution >= 4 is 5.78 Å². The van der Waals surface area contributed by atoms with Crippen molar-refractivity contribution in [2.45, 2.75) is 26.7 Å². The van der Waals surface area contributed by atoms with E-state index < -0.39 is 0 Å². The highest BCUT2D eigenvalue weighted by Crippen LogP contribution is 2.10. The van der Waals surface area contributed by atoms with E-state index in [1.165, 1.54) is 11.1 Å². The van der Waals surface area contributed by atoms with Crippen molar-refractivity contribution in [1.29, 1.82) is 0 Å². The van der Waals surface area contributed by atoms with Crippen LogP contribution in [0.15, 0.2) is 42.7 Å². The van der Waals surface area contributed by atoms with Gasteiger partial charge >= 0.3 is 0 Å². The molecule has 0 saturated carbocycles. The maximum Gasteiger partial charge on any atom is 0.164 e. The van der Waals surface area contributed by atoms with Crippen molar-refractivity contribution in [2.75, 3.05) is 0 Å². The van der Waals surface area contributed by atoms with Crippen molar-refractivity contribution in [3.05, 3.63) is 65.0 Å². The van der Waals surface area contributed by atoms with E-state index in [2.05, 4.69) is 36.2 Å². The van der Waals surface area contributed by atoms with E-state index in [-0.39, 0.29) is 5.78 Å². The molecule has 0 N–H and O–H groups in total. The molecule has 0 bridgehead atoms. The van der Waals surface area contributed by atoms with Gasteiger partial charge in [-0.2, -0.15) is 0 Å². The molecule has 2 nitrogen and oxygen atoms in total. The van der Waals surface area contributed by atoms with Crippen LogP contribution in [0.3, 0.4) is 0 Å². The Balaban J connectivity index is 1.98. The van der Waals surface area contributed by atoms with Gasteiger partial charge in [-0.1, -0.05) is 29.8 Å². The number of benzene rings is 1. The fraction of sp³-hybridized carbons (Fsp3) is 0.250. The lowest BCUT2D eigenvalue weighted by Crippen LogP contribution is -2.02. The van der Waals surface area contributed by atoms with Crippen molar-refractivity contribution in [3.63, 3.8) is 0 Å². The number of rotatable bonds is 4. The second kappa shape index (κ2) is 5.58. The zero-order valence-electron chi connectivity index (χ0n) is 10.8. The second-order valence-electron chi connectivity index (χ2n) is 4.66. The lowest BCUT2D eigenvalue weighted by atomic mass is 10.0. The molecule has 0 saturated heterocycles. The van der Waals surface area contributed by atoms with Gasteiger partial charge in [-0.3, -0.25) is 9.78 Å². The monoisotopic (exact) mass is 239 g/mol. The highest BCUT2D eigenvalue weighted by atomic mass is 16.1. The maximum absolute atomic E-state index is 12.0. The fourth-order valence-electron chi connectivity index (χ4n) is 1.86. The van der Waals surface area contributed by atoms with Crippen LogP contribution in [-0.2, 0) is 6.42 Å². The normalized spacial score (nSPS) is 10.3. The standard InChI is InChI=1S/C16H17NO/c1-12-3-5-14(6-4-12)7-8-16(18)15-9-13(2)10-17-11-15/h3-6,9-11H,7-8H2,1-2H3. The topological polar surface area (TPSA) is 30.0 Å². The number of pyridine rings is 1. The lowest BCUT2D eigenvalue weighted by Gasteiger charge is -2.03. The van der Waals surface area contributed by atoms with Gasteiger partial charge in [0, 0.05) is 24.4 Å². The zero-order chi connectivity index (χ0) is 13.0. The highest BCUT2D eigenvalue weighted by Gasteiger charge is 2.06. The summed E-state index contributed by atoms with van der Waals surface area (Å²) in [6, 6.07) is 10.2. The van der Waals surface area contributed by atoms with Crippen molar-refractivity contribution in [1.82, 2.24) is 4.98 Å². The smallest absolute Gasteiger partial charge is 0.164 e. The molecule has 0 amide bonds. The molecule has 1 heterocycles. The van der Waals surface area contributed by atoms with Gasteiger partial charge in [0.25, 0.3) is 0 Å². The number of aromatic nitrogens is 1. The van der Waals surface area contributed by atoms with Crippen LogP contribution in [0.1, 0.15) is 33.5 Å². The number of hydrogen-bond donors (Lipinski definition) is 0. The maximum atomic E-state index is 12.0. The summed E-state index contributed by atoms with van der Waals surface area (Å²) in [4.78, 5) is 16.0. The average Bonchev–Trinajstić information content (AvgIpc) is 2.38. The lowest BCUT2D eigenvalue weighted by molar-refractivity contribution is 0.0982. The van der Waals surface area contributed by atoms with Gasteiger partial charge in [-0.15, -0.1) is 0 Å². The van der Waals surface area contributed by atoms with Gasteiger partial charge in [-0.05, 0) is 37.5 Å². The second-order valence-corrected chi connectivity index (χ2v) is 4.66. The van der Waals surface area contributed by atoms with E-state index in [0.29, 0.717) is 12.0 Å². The number of aryl methyl sites for hydroxylation is 3. The molecule has 0 atom stereocenters. The molecular weight excluding hydrogens is 222 g/mol. The number of carbonyl (C=O) groups excluding carboxylic acids is 1. The molecule has 0 aliphatic carbocycles. The van der Waals surface area contributed by atoms with Crippen LogP contribution in [0.25, 0.3) is 0 Å². The molecule has 2 aromatic rings. The minimum Gasteiger partial charge on any atom is -0.294 e. The quantitative estimate of drug-likeness (QED) is 0.764. The van der Waals surface area contributed by atoms with Crippen LogP contribution in [0, 0.1) is 13.8 Å². The molecular formula is C16H17NO. The Bertz CT molecular complexity index is 543. The molecule has 2 heteroatoms. The van der Waals surface area contributed by atoms with E-state index in [4.69, 9.17) is 0 Å². The minimum absolute atomic E-state index is 0.159. The molecule has 2 rings (SSSR count). The number of Topliss-reactive ketones (excluding diaryl/α,β-unsaturated/α-hetero) is 1. The molecule has 1 aromatic carbocycles. The predicted octanol–water partition coefficient (Wildman–Crippen LogP) is 3.51. The number of hydrogen-bond acceptors (Lipinski definition) is 2. The molecule has 0 aliphatic heterocycles. The summed E-state index contributed by atoms with van der Waals surface area (Å²) in [7, 11) is 0. The van der Waals surface area contributed by atoms with E-state index in [1.54, 1.807) is 12.4 Å². The molecule has 92 valence electrons. The first-order chi connectivity index (χ1) is 8.65. The van der Waals surface area contributed by atoms with Crippen molar-refractivity contribution in [2.24, 2.45) is 0 Å². The van der Waals surface area contributed by atoms with E-state index in [1.807, 2.05) is 13.0 Å². The molecule has 18 heavy (non-hydrogen) atoms. The first kappa shape index (κ1) is 12.5. The number of carbonyl (C=O) groups is 1. The Morgan fingerprint density at radius 2 is 1.78 bits per heavy atom. The van der Waals surface area contributed by atoms with Gasteiger partial charge in [0.1, 0.15) is 0 Å². The molecule has 0 unspecified atom stereocenters. The molecule has 0 fully saturated rings. The summed E-state index contributed by atoms with van der Waals surface area (Å²) in [5.74, 6) is 0.159. The van der Waals surface area contributed by atoms with E-state index >= 15 is 0 Å². The predicted molar refractivity (Wildman–Crippen MR) is 72.8 cm³/mol. The van der Waals surface area contributed by atoms with Crippen LogP contribution in [0.2, 0.25) is 0 Å². The summed E-state index contributed by atoms with van der Waals surface area (Å²) in [6.45, 7) is 4.01. The Labute approximate surface area is 108 Å². The average molecular weight is 239 g/mol. The summed E-state index contributed by atoms with van der Waals surface area (Å²) < 4.78 is 0. The number of ketones is 1. The Morgan fingerprint density at radius 1 is 1.06 bits per heavy atom. The summed E-state index contributed by atoms with van der Waals surface area (Å²) >= 11 is 0. The minimum atomic E-state index is 0.159. The van der Waals surface area contributed by atoms with Crippen LogP contribution >= 0.6 is 0 Å². The SMILES string of the molecule is Cc1ccc(CCC(=O)c2cncc(C)c2)cc1. The summed E-state index contributed by atoms with van der Waals surface area (Å²) in [5.41, 5.74) is 4.18. The van der Waals surface area contributed by atoms with Gasteiger partial charge in [0.15, 0.2) is 5.78 Å². The Hall–Kier alpha value is -1.96. The number of nitrogens with zero attached hydrogens (tertiary/aromatic N) is 1. The molecule has 1 aromatic heterocycles. The van der Waals surface area contributed by atoms with Gasteiger partial charge in [0.2, 0.25) is 0 Å². The summed E-state index contributed by atoms with van der Waals surface area (Å²) in [6.07, 6.45) is 4.72. The van der Waals surface area contributed by atoms with Gasteiger partial charge in [-0.25, -0.2) is 0 Å². The zero-order valence-corrected chi connectivity index (χ0v) is 10.8. The Morgan fingerprint density at radius 3 is 2.44 bits per heavy atom. The Kier molecular flexibility index (Phi) is 3.88. The van der Waals surface area contributed by atoms with Crippen LogP contribution in [0.4, 0.5) is 0 Å². The van der Waals surface area contributed by atoms with Gasteiger partial charge in [0.05, 0.1) is 0 Å². The first-order valence-electron chi connectivity index (χ1n) is 6.15. The molecule has 0 radical (unpaired) electrons. The van der Waals surface area contributed by atoms with Crippen molar-refractivity contribution < 1.29 is 4.79 Å². The molecule has 0 aliphatic rings. The largest absolute Gasteiger partial charge is 0.294 e. The van der Waals surface area contributed by atoms with Crippen LogP contribution in [0.5, 0.6) is 0 Å². The van der Waals surface area contributed by atoms with E-state index in [9.17, 15) is 4.79 Å². The van der Waals surface area contributed by atoms with Gasteiger partial charge < -0.3 is 0 Å². The summed E-state index contributed by atoms with van der Waals surface area (Å²) in [5, 5.41) is 0. The van der Waals surface area contributed by atoms with Crippen LogP contribution in [-0.4, -0.2) is 10.8 Å². The fourth-order valence-corrected chi connectivity index (χ4v) is 1.86. The van der Waals surface area contributed by atoms with Crippen LogP contribution < -0.4 is 0 Å². The first-order valence-corrected chi connectivity index (χ1v) is 6.15. The van der Waals surface area contributed by atoms with Crippen molar-refractivity contribution in [3.8, 4) is 0 Å². The molecule has 0 spiro atoms. The third kappa shape index (κ3) is 3.27.